The van der Waals surface area contributed by atoms with Gasteiger partial charge in [-0.1, -0.05) is 24.3 Å². The Morgan fingerprint density at radius 2 is 1.90 bits per heavy atom. The Balaban J connectivity index is 1.57. The number of rotatable bonds is 4. The number of fused-ring (bicyclic) bond motifs is 1. The molecule has 4 aromatic rings. The van der Waals surface area contributed by atoms with Crippen LogP contribution in [0.3, 0.4) is 0 Å². The van der Waals surface area contributed by atoms with Crippen LogP contribution < -0.4 is 4.31 Å². The number of nitrogens with zero attached hydrogens (tertiary/aromatic N) is 5. The summed E-state index contributed by atoms with van der Waals surface area (Å²) in [6.07, 6.45) is 0.574. The minimum Gasteiger partial charge on any atom is -0.415 e. The number of halogens is 2. The van der Waals surface area contributed by atoms with E-state index in [1.54, 1.807) is 42.2 Å². The summed E-state index contributed by atoms with van der Waals surface area (Å²) in [6, 6.07) is 11.7. The standard InChI is InChI=1S/C20H15F2N5O3S/c1-26-10-14(9-23-26)15-4-2-3-5-16(15)27-11-13-7-6-12(8-17(13)31(27,28)29)19-24-25-20(30-19)18(21)22/h2-10,18H,11H2,1H3. The largest absolute Gasteiger partial charge is 0.415 e. The van der Waals surface area contributed by atoms with Gasteiger partial charge in [0.2, 0.25) is 5.89 Å². The second-order valence-corrected chi connectivity index (χ2v) is 8.83. The Labute approximate surface area is 175 Å². The van der Waals surface area contributed by atoms with Gasteiger partial charge in [-0.05, 0) is 23.8 Å². The molecule has 0 radical (unpaired) electrons. The molecule has 2 aromatic heterocycles. The van der Waals surface area contributed by atoms with Crippen LogP contribution in [-0.2, 0) is 23.6 Å². The highest BCUT2D eigenvalue weighted by Crippen LogP contribution is 2.40. The first-order valence-corrected chi connectivity index (χ1v) is 10.6. The fourth-order valence-electron chi connectivity index (χ4n) is 3.57. The lowest BCUT2D eigenvalue weighted by Gasteiger charge is -2.20. The summed E-state index contributed by atoms with van der Waals surface area (Å²) in [6.45, 7) is 0.140. The molecule has 31 heavy (non-hydrogen) atoms. The van der Waals surface area contributed by atoms with Crippen molar-refractivity contribution in [3.8, 4) is 22.6 Å². The predicted octanol–water partition coefficient (Wildman–Crippen LogP) is 3.78. The van der Waals surface area contributed by atoms with Gasteiger partial charge < -0.3 is 4.42 Å². The van der Waals surface area contributed by atoms with Crippen molar-refractivity contribution < 1.29 is 21.6 Å². The van der Waals surface area contributed by atoms with Gasteiger partial charge in [0.1, 0.15) is 0 Å². The fourth-order valence-corrected chi connectivity index (χ4v) is 5.27. The van der Waals surface area contributed by atoms with Crippen LogP contribution in [0.1, 0.15) is 17.9 Å². The molecule has 0 amide bonds. The quantitative estimate of drug-likeness (QED) is 0.476. The number of aromatic nitrogens is 4. The van der Waals surface area contributed by atoms with Crippen LogP contribution in [0.2, 0.25) is 0 Å². The molecule has 0 bridgehead atoms. The lowest BCUT2D eigenvalue weighted by molar-refractivity contribution is 0.116. The number of para-hydroxylation sites is 1. The van der Waals surface area contributed by atoms with Gasteiger partial charge in [0, 0.05) is 29.9 Å². The zero-order chi connectivity index (χ0) is 21.8. The van der Waals surface area contributed by atoms with Crippen LogP contribution in [0.15, 0.2) is 64.2 Å². The first-order valence-electron chi connectivity index (χ1n) is 9.20. The van der Waals surface area contributed by atoms with Crippen LogP contribution in [0.5, 0.6) is 0 Å². The zero-order valence-electron chi connectivity index (χ0n) is 16.1. The number of anilines is 1. The molecule has 0 aliphatic carbocycles. The van der Waals surface area contributed by atoms with E-state index in [0.717, 1.165) is 11.1 Å². The van der Waals surface area contributed by atoms with Crippen molar-refractivity contribution in [3.05, 3.63) is 66.3 Å². The van der Waals surface area contributed by atoms with Gasteiger partial charge in [0.05, 0.1) is 23.3 Å². The topological polar surface area (TPSA) is 94.1 Å². The van der Waals surface area contributed by atoms with E-state index in [0.29, 0.717) is 11.3 Å². The number of alkyl halides is 2. The second kappa shape index (κ2) is 6.98. The molecule has 3 heterocycles. The van der Waals surface area contributed by atoms with Crippen LogP contribution >= 0.6 is 0 Å². The van der Waals surface area contributed by atoms with E-state index in [1.165, 1.54) is 10.4 Å². The summed E-state index contributed by atoms with van der Waals surface area (Å²) in [5.74, 6) is -0.979. The van der Waals surface area contributed by atoms with Gasteiger partial charge in [0.15, 0.2) is 0 Å². The molecule has 11 heteroatoms. The van der Waals surface area contributed by atoms with Gasteiger partial charge in [-0.25, -0.2) is 8.42 Å². The summed E-state index contributed by atoms with van der Waals surface area (Å²) < 4.78 is 60.2. The first-order chi connectivity index (χ1) is 14.8. The SMILES string of the molecule is Cn1cc(-c2ccccc2N2Cc3ccc(-c4nnc(C(F)F)o4)cc3S2(=O)=O)cn1. The summed E-state index contributed by atoms with van der Waals surface area (Å²) >= 11 is 0. The van der Waals surface area contributed by atoms with Crippen molar-refractivity contribution in [2.24, 2.45) is 7.05 Å². The molecule has 0 N–H and O–H groups in total. The smallest absolute Gasteiger partial charge is 0.314 e. The highest BCUT2D eigenvalue weighted by atomic mass is 32.2. The van der Waals surface area contributed by atoms with Gasteiger partial charge in [0.25, 0.3) is 15.9 Å². The molecule has 0 unspecified atom stereocenters. The number of hydrogen-bond acceptors (Lipinski definition) is 6. The zero-order valence-corrected chi connectivity index (χ0v) is 16.9. The maximum Gasteiger partial charge on any atom is 0.314 e. The normalized spacial score (nSPS) is 14.9. The van der Waals surface area contributed by atoms with Crippen molar-refractivity contribution in [1.82, 2.24) is 20.0 Å². The number of sulfonamides is 1. The average molecular weight is 443 g/mol. The van der Waals surface area contributed by atoms with Crippen LogP contribution in [0, 0.1) is 0 Å². The molecule has 8 nitrogen and oxygen atoms in total. The summed E-state index contributed by atoms with van der Waals surface area (Å²) in [7, 11) is -2.11. The summed E-state index contributed by atoms with van der Waals surface area (Å²) in [5.41, 5.74) is 2.87. The van der Waals surface area contributed by atoms with E-state index >= 15 is 0 Å². The number of aryl methyl sites for hydroxylation is 1. The highest BCUT2D eigenvalue weighted by molar-refractivity contribution is 7.93. The molecular weight excluding hydrogens is 428 g/mol. The Morgan fingerprint density at radius 1 is 1.10 bits per heavy atom. The van der Waals surface area contributed by atoms with Gasteiger partial charge >= 0.3 is 6.43 Å². The molecule has 1 aliphatic rings. The Hall–Kier alpha value is -3.60. The molecule has 2 aromatic carbocycles. The lowest BCUT2D eigenvalue weighted by atomic mass is 10.1. The third-order valence-electron chi connectivity index (χ3n) is 5.01. The maximum absolute atomic E-state index is 13.4. The van der Waals surface area contributed by atoms with E-state index in [-0.39, 0.29) is 22.9 Å². The van der Waals surface area contributed by atoms with E-state index in [4.69, 9.17) is 4.42 Å². The molecule has 5 rings (SSSR count). The Morgan fingerprint density at radius 3 is 2.61 bits per heavy atom. The molecule has 0 spiro atoms. The van der Waals surface area contributed by atoms with Crippen molar-refractivity contribution in [1.29, 1.82) is 0 Å². The second-order valence-electron chi connectivity index (χ2n) is 7.00. The average Bonchev–Trinajstić information content (AvgIpc) is 3.46. The van der Waals surface area contributed by atoms with Crippen molar-refractivity contribution in [3.63, 3.8) is 0 Å². The Bertz CT molecular complexity index is 1400. The molecule has 0 saturated heterocycles. The molecule has 158 valence electrons. The van der Waals surface area contributed by atoms with Gasteiger partial charge in [-0.3, -0.25) is 8.99 Å². The van der Waals surface area contributed by atoms with Crippen molar-refractivity contribution in [2.45, 2.75) is 17.9 Å². The van der Waals surface area contributed by atoms with Crippen LogP contribution in [0.4, 0.5) is 14.5 Å². The molecule has 0 atom stereocenters. The maximum atomic E-state index is 13.4. The fraction of sp³-hybridized carbons (Fsp3) is 0.150. The highest BCUT2D eigenvalue weighted by Gasteiger charge is 2.36. The Kier molecular flexibility index (Phi) is 4.36. The van der Waals surface area contributed by atoms with Crippen molar-refractivity contribution in [2.75, 3.05) is 4.31 Å². The van der Waals surface area contributed by atoms with Gasteiger partial charge in [-0.15, -0.1) is 10.2 Å². The lowest BCUT2D eigenvalue weighted by Crippen LogP contribution is -2.24. The van der Waals surface area contributed by atoms with E-state index in [9.17, 15) is 17.2 Å². The summed E-state index contributed by atoms with van der Waals surface area (Å²) in [4.78, 5) is 0.0720. The van der Waals surface area contributed by atoms with Crippen LogP contribution in [-0.4, -0.2) is 28.4 Å². The molecule has 0 fully saturated rings. The van der Waals surface area contributed by atoms with E-state index < -0.39 is 22.3 Å². The van der Waals surface area contributed by atoms with E-state index in [2.05, 4.69) is 15.3 Å². The minimum absolute atomic E-state index is 0.0720. The predicted molar refractivity (Wildman–Crippen MR) is 107 cm³/mol. The van der Waals surface area contributed by atoms with Gasteiger partial charge in [-0.2, -0.15) is 13.9 Å². The summed E-state index contributed by atoms with van der Waals surface area (Å²) in [5, 5.41) is 11.1. The van der Waals surface area contributed by atoms with Crippen LogP contribution in [0.25, 0.3) is 22.6 Å². The number of hydrogen-bond donors (Lipinski definition) is 0. The monoisotopic (exact) mass is 443 g/mol. The molecule has 0 saturated carbocycles. The molecular formula is C20H15F2N5O3S. The number of benzene rings is 2. The third kappa shape index (κ3) is 3.17. The van der Waals surface area contributed by atoms with E-state index in [1.807, 2.05) is 18.3 Å². The van der Waals surface area contributed by atoms with Crippen molar-refractivity contribution >= 4 is 15.7 Å². The third-order valence-corrected chi connectivity index (χ3v) is 6.85. The molecule has 1 aliphatic heterocycles. The first kappa shape index (κ1) is 19.4. The minimum atomic E-state index is -3.90.